The summed E-state index contributed by atoms with van der Waals surface area (Å²) in [7, 11) is 0. The van der Waals surface area contributed by atoms with Crippen LogP contribution in [0.25, 0.3) is 0 Å². The maximum atomic E-state index is 11.0. The lowest BCUT2D eigenvalue weighted by Crippen LogP contribution is -2.34. The van der Waals surface area contributed by atoms with Gasteiger partial charge in [-0.1, -0.05) is 31.0 Å². The van der Waals surface area contributed by atoms with Crippen LogP contribution in [0.2, 0.25) is 5.15 Å². The Bertz CT molecular complexity index is 371. The van der Waals surface area contributed by atoms with E-state index in [1.54, 1.807) is 6.07 Å². The van der Waals surface area contributed by atoms with Crippen LogP contribution in [0.1, 0.15) is 25.5 Å². The van der Waals surface area contributed by atoms with E-state index in [9.17, 15) is 4.79 Å². The molecule has 0 radical (unpaired) electrons. The number of aromatic nitrogens is 1. The van der Waals surface area contributed by atoms with Gasteiger partial charge in [-0.15, -0.1) is 0 Å². The molecule has 0 saturated carbocycles. The van der Waals surface area contributed by atoms with Crippen molar-refractivity contribution in [2.75, 3.05) is 13.1 Å². The number of nitrogens with two attached hydrogens (primary N) is 1. The summed E-state index contributed by atoms with van der Waals surface area (Å²) >= 11 is 5.82. The molecule has 1 aromatic heterocycles. The molecule has 1 heterocycles. The van der Waals surface area contributed by atoms with E-state index in [0.29, 0.717) is 11.7 Å². The maximum absolute atomic E-state index is 11.0. The molecule has 1 aromatic rings. The summed E-state index contributed by atoms with van der Waals surface area (Å²) in [6, 6.07) is 5.48. The van der Waals surface area contributed by atoms with Crippen molar-refractivity contribution in [3.8, 4) is 0 Å². The van der Waals surface area contributed by atoms with Gasteiger partial charge in [-0.05, 0) is 25.1 Å². The van der Waals surface area contributed by atoms with Crippen molar-refractivity contribution < 1.29 is 4.79 Å². The minimum absolute atomic E-state index is 0.258. The van der Waals surface area contributed by atoms with Crippen LogP contribution in [0.15, 0.2) is 18.2 Å². The van der Waals surface area contributed by atoms with Gasteiger partial charge < -0.3 is 5.73 Å². The molecular formula is C12H18ClN3O. The summed E-state index contributed by atoms with van der Waals surface area (Å²) in [5.41, 5.74) is 6.08. The van der Waals surface area contributed by atoms with Crippen LogP contribution < -0.4 is 5.73 Å². The minimum atomic E-state index is -0.317. The fourth-order valence-electron chi connectivity index (χ4n) is 1.58. The van der Waals surface area contributed by atoms with Gasteiger partial charge in [0.1, 0.15) is 5.15 Å². The van der Waals surface area contributed by atoms with Gasteiger partial charge in [0.2, 0.25) is 5.91 Å². The van der Waals surface area contributed by atoms with E-state index in [2.05, 4.69) is 11.9 Å². The molecule has 0 aliphatic heterocycles. The van der Waals surface area contributed by atoms with Crippen molar-refractivity contribution in [1.29, 1.82) is 0 Å². The minimum Gasteiger partial charge on any atom is -0.369 e. The number of carbonyl (C=O) groups is 1. The Labute approximate surface area is 107 Å². The molecule has 94 valence electrons. The van der Waals surface area contributed by atoms with Crippen molar-refractivity contribution >= 4 is 17.5 Å². The number of rotatable bonds is 7. The van der Waals surface area contributed by atoms with E-state index < -0.39 is 0 Å². The Morgan fingerprint density at radius 2 is 2.29 bits per heavy atom. The number of unbranched alkanes of at least 4 members (excludes halogenated alkanes) is 1. The van der Waals surface area contributed by atoms with E-state index in [1.807, 2.05) is 17.0 Å². The van der Waals surface area contributed by atoms with Gasteiger partial charge in [0.25, 0.3) is 0 Å². The molecule has 0 spiro atoms. The zero-order valence-corrected chi connectivity index (χ0v) is 10.8. The van der Waals surface area contributed by atoms with Crippen LogP contribution in [0.5, 0.6) is 0 Å². The molecule has 0 fully saturated rings. The molecular weight excluding hydrogens is 238 g/mol. The summed E-state index contributed by atoms with van der Waals surface area (Å²) in [5, 5.41) is 0.469. The Balaban J connectivity index is 2.61. The van der Waals surface area contributed by atoms with E-state index in [-0.39, 0.29) is 12.5 Å². The average molecular weight is 256 g/mol. The highest BCUT2D eigenvalue weighted by Crippen LogP contribution is 2.08. The smallest absolute Gasteiger partial charge is 0.231 e. The Morgan fingerprint density at radius 1 is 1.53 bits per heavy atom. The first-order valence-electron chi connectivity index (χ1n) is 5.74. The molecule has 0 unspecified atom stereocenters. The Kier molecular flexibility index (Phi) is 5.94. The first kappa shape index (κ1) is 13.9. The van der Waals surface area contributed by atoms with E-state index in [4.69, 9.17) is 17.3 Å². The monoisotopic (exact) mass is 255 g/mol. The fourth-order valence-corrected chi connectivity index (χ4v) is 1.76. The molecule has 0 bridgehead atoms. The van der Waals surface area contributed by atoms with E-state index in [0.717, 1.165) is 25.1 Å². The molecule has 0 saturated heterocycles. The molecule has 0 aromatic carbocycles. The quantitative estimate of drug-likeness (QED) is 0.756. The highest BCUT2D eigenvalue weighted by atomic mass is 35.5. The van der Waals surface area contributed by atoms with Crippen LogP contribution in [-0.2, 0) is 11.3 Å². The van der Waals surface area contributed by atoms with Crippen molar-refractivity contribution in [1.82, 2.24) is 9.88 Å². The lowest BCUT2D eigenvalue weighted by atomic mass is 10.2. The maximum Gasteiger partial charge on any atom is 0.231 e. The number of pyridine rings is 1. The van der Waals surface area contributed by atoms with Crippen LogP contribution in [-0.4, -0.2) is 28.9 Å². The van der Waals surface area contributed by atoms with Crippen molar-refractivity contribution in [3.05, 3.63) is 29.0 Å². The highest BCUT2D eigenvalue weighted by molar-refractivity contribution is 6.29. The molecule has 1 rings (SSSR count). The number of primary amides is 1. The number of hydrogen-bond donors (Lipinski definition) is 1. The SMILES string of the molecule is CCCCN(CC(N)=O)Cc1cccc(Cl)n1. The van der Waals surface area contributed by atoms with Crippen molar-refractivity contribution in [2.45, 2.75) is 26.3 Å². The fraction of sp³-hybridized carbons (Fsp3) is 0.500. The third-order valence-corrected chi connectivity index (χ3v) is 2.58. The molecule has 4 nitrogen and oxygen atoms in total. The summed E-state index contributed by atoms with van der Waals surface area (Å²) in [5.74, 6) is -0.317. The molecule has 0 aliphatic carbocycles. The van der Waals surface area contributed by atoms with Crippen LogP contribution >= 0.6 is 11.6 Å². The molecule has 1 amide bonds. The van der Waals surface area contributed by atoms with Crippen LogP contribution in [0.3, 0.4) is 0 Å². The van der Waals surface area contributed by atoms with Crippen LogP contribution in [0, 0.1) is 0 Å². The second-order valence-corrected chi connectivity index (χ2v) is 4.37. The second-order valence-electron chi connectivity index (χ2n) is 3.98. The largest absolute Gasteiger partial charge is 0.369 e. The van der Waals surface area contributed by atoms with E-state index >= 15 is 0 Å². The first-order chi connectivity index (χ1) is 8.11. The van der Waals surface area contributed by atoms with Gasteiger partial charge in [-0.25, -0.2) is 4.98 Å². The topological polar surface area (TPSA) is 59.2 Å². The predicted molar refractivity (Wildman–Crippen MR) is 68.6 cm³/mol. The summed E-state index contributed by atoms with van der Waals surface area (Å²) in [6.45, 7) is 3.81. The zero-order valence-electron chi connectivity index (χ0n) is 10.0. The summed E-state index contributed by atoms with van der Waals surface area (Å²) in [4.78, 5) is 17.2. The number of nitrogens with zero attached hydrogens (tertiary/aromatic N) is 2. The van der Waals surface area contributed by atoms with Gasteiger partial charge in [-0.2, -0.15) is 0 Å². The molecule has 0 atom stereocenters. The molecule has 5 heteroatoms. The molecule has 0 aliphatic rings. The first-order valence-corrected chi connectivity index (χ1v) is 6.11. The van der Waals surface area contributed by atoms with Gasteiger partial charge in [0.15, 0.2) is 0 Å². The second kappa shape index (κ2) is 7.25. The number of carbonyl (C=O) groups excluding carboxylic acids is 1. The Morgan fingerprint density at radius 3 is 2.88 bits per heavy atom. The van der Waals surface area contributed by atoms with Gasteiger partial charge in [-0.3, -0.25) is 9.69 Å². The number of halogens is 1. The van der Waals surface area contributed by atoms with Gasteiger partial charge in [0.05, 0.1) is 12.2 Å². The van der Waals surface area contributed by atoms with Crippen LogP contribution in [0.4, 0.5) is 0 Å². The average Bonchev–Trinajstić information content (AvgIpc) is 2.25. The lowest BCUT2D eigenvalue weighted by Gasteiger charge is -2.19. The molecule has 17 heavy (non-hydrogen) atoms. The lowest BCUT2D eigenvalue weighted by molar-refractivity contribution is -0.119. The van der Waals surface area contributed by atoms with Gasteiger partial charge >= 0.3 is 0 Å². The Hall–Kier alpha value is -1.13. The number of hydrogen-bond acceptors (Lipinski definition) is 3. The van der Waals surface area contributed by atoms with Crippen molar-refractivity contribution in [3.63, 3.8) is 0 Å². The highest BCUT2D eigenvalue weighted by Gasteiger charge is 2.09. The normalized spacial score (nSPS) is 10.8. The summed E-state index contributed by atoms with van der Waals surface area (Å²) < 4.78 is 0. The summed E-state index contributed by atoms with van der Waals surface area (Å²) in [6.07, 6.45) is 2.12. The number of amides is 1. The predicted octanol–water partition coefficient (Wildman–Crippen LogP) is 1.82. The standard InChI is InChI=1S/C12H18ClN3O/c1-2-3-7-16(9-12(14)17)8-10-5-4-6-11(13)15-10/h4-6H,2-3,7-9H2,1H3,(H2,14,17). The third kappa shape index (κ3) is 5.65. The van der Waals surface area contributed by atoms with E-state index in [1.165, 1.54) is 0 Å². The molecule has 2 N–H and O–H groups in total. The van der Waals surface area contributed by atoms with Gasteiger partial charge in [0, 0.05) is 6.54 Å². The third-order valence-electron chi connectivity index (χ3n) is 2.37. The van der Waals surface area contributed by atoms with Crippen molar-refractivity contribution in [2.24, 2.45) is 5.73 Å². The zero-order chi connectivity index (χ0) is 12.7.